The molecule has 2 aromatic heterocycles. The quantitative estimate of drug-likeness (QED) is 0.569. The van der Waals surface area contributed by atoms with Gasteiger partial charge >= 0.3 is 6.01 Å². The van der Waals surface area contributed by atoms with Crippen LogP contribution < -0.4 is 19.3 Å². The lowest BCUT2D eigenvalue weighted by molar-refractivity contribution is 0.287. The fourth-order valence-electron chi connectivity index (χ4n) is 3.26. The van der Waals surface area contributed by atoms with Gasteiger partial charge in [-0.1, -0.05) is 43.2 Å². The van der Waals surface area contributed by atoms with Crippen molar-refractivity contribution in [1.29, 1.82) is 0 Å². The van der Waals surface area contributed by atoms with Gasteiger partial charge < -0.3 is 19.3 Å². The second-order valence-electron chi connectivity index (χ2n) is 7.60. The zero-order valence-corrected chi connectivity index (χ0v) is 17.9. The number of hydrogen-bond acceptors (Lipinski definition) is 9. The molecule has 1 aliphatic heterocycles. The van der Waals surface area contributed by atoms with Crippen molar-refractivity contribution in [3.63, 3.8) is 0 Å². The number of benzene rings is 1. The van der Waals surface area contributed by atoms with E-state index < -0.39 is 0 Å². The molecular weight excluding hydrogens is 394 g/mol. The topological polar surface area (TPSA) is 89.4 Å². The first kappa shape index (κ1) is 20.8. The summed E-state index contributed by atoms with van der Waals surface area (Å²) in [5.41, 5.74) is 1.06. The van der Waals surface area contributed by atoms with Gasteiger partial charge in [0.05, 0.1) is 0 Å². The first-order valence-corrected chi connectivity index (χ1v) is 10.5. The van der Waals surface area contributed by atoms with Gasteiger partial charge in [-0.2, -0.15) is 15.0 Å². The van der Waals surface area contributed by atoms with E-state index in [0.29, 0.717) is 30.3 Å². The average Bonchev–Trinajstić information content (AvgIpc) is 3.09. The van der Waals surface area contributed by atoms with Crippen LogP contribution in [0.5, 0.6) is 17.8 Å². The minimum atomic E-state index is 0.199. The minimum Gasteiger partial charge on any atom is -0.472 e. The highest BCUT2D eigenvalue weighted by molar-refractivity contribution is 5.40. The summed E-state index contributed by atoms with van der Waals surface area (Å²) in [6, 6.07) is 13.5. The largest absolute Gasteiger partial charge is 0.472 e. The van der Waals surface area contributed by atoms with Crippen molar-refractivity contribution in [1.82, 2.24) is 25.1 Å². The Hall–Kier alpha value is -3.49. The van der Waals surface area contributed by atoms with Crippen LogP contribution >= 0.6 is 0 Å². The van der Waals surface area contributed by atoms with Crippen molar-refractivity contribution >= 4 is 11.9 Å². The predicted molar refractivity (Wildman–Crippen MR) is 118 cm³/mol. The van der Waals surface area contributed by atoms with E-state index in [0.717, 1.165) is 31.5 Å². The molecule has 0 spiro atoms. The molecule has 0 unspecified atom stereocenters. The molecule has 4 rings (SSSR count). The summed E-state index contributed by atoms with van der Waals surface area (Å²) in [5.74, 6) is 1.89. The lowest BCUT2D eigenvalue weighted by Gasteiger charge is -2.21. The van der Waals surface area contributed by atoms with Crippen molar-refractivity contribution in [2.45, 2.75) is 32.3 Å². The maximum atomic E-state index is 5.80. The summed E-state index contributed by atoms with van der Waals surface area (Å²) in [6.45, 7) is 2.29. The molecular formula is C22H27N7O2. The van der Waals surface area contributed by atoms with Crippen LogP contribution in [0.2, 0.25) is 0 Å². The third-order valence-electron chi connectivity index (χ3n) is 4.92. The van der Waals surface area contributed by atoms with Gasteiger partial charge in [0.2, 0.25) is 23.7 Å². The highest BCUT2D eigenvalue weighted by atomic mass is 16.5. The van der Waals surface area contributed by atoms with Crippen molar-refractivity contribution in [2.75, 3.05) is 37.0 Å². The van der Waals surface area contributed by atoms with E-state index in [1.165, 1.54) is 12.8 Å². The second-order valence-corrected chi connectivity index (χ2v) is 7.60. The molecule has 31 heavy (non-hydrogen) atoms. The smallest absolute Gasteiger partial charge is 0.330 e. The van der Waals surface area contributed by atoms with Crippen LogP contribution in [0.1, 0.15) is 31.2 Å². The van der Waals surface area contributed by atoms with E-state index in [9.17, 15) is 0 Å². The monoisotopic (exact) mass is 421 g/mol. The maximum Gasteiger partial charge on any atom is 0.330 e. The summed E-state index contributed by atoms with van der Waals surface area (Å²) in [4.78, 5) is 17.6. The lowest BCUT2D eigenvalue weighted by Crippen LogP contribution is -2.27. The zero-order chi connectivity index (χ0) is 21.5. The SMILES string of the molecule is CN(C)c1nc(Oc2ccc(OCc3ccccc3)nn2)nc(N2CCCCCC2)n1. The molecule has 0 radical (unpaired) electrons. The number of ether oxygens (including phenoxy) is 2. The van der Waals surface area contributed by atoms with Crippen molar-refractivity contribution in [3.8, 4) is 17.8 Å². The van der Waals surface area contributed by atoms with Crippen LogP contribution in [0.3, 0.4) is 0 Å². The highest BCUT2D eigenvalue weighted by Gasteiger charge is 2.17. The van der Waals surface area contributed by atoms with Gasteiger partial charge in [0.15, 0.2) is 0 Å². The standard InChI is InChI=1S/C22H27N7O2/c1-28(2)20-23-21(29-14-8-3-4-9-15-29)25-22(24-20)31-19-13-12-18(26-27-19)30-16-17-10-6-5-7-11-17/h5-7,10-13H,3-4,8-9,14-16H2,1-2H3. The molecule has 0 saturated carbocycles. The van der Waals surface area contributed by atoms with Gasteiger partial charge in [-0.15, -0.1) is 10.2 Å². The number of hydrogen-bond donors (Lipinski definition) is 0. The molecule has 0 bridgehead atoms. The molecule has 0 aliphatic carbocycles. The maximum absolute atomic E-state index is 5.80. The fraction of sp³-hybridized carbons (Fsp3) is 0.409. The molecule has 3 heterocycles. The molecule has 1 aliphatic rings. The summed E-state index contributed by atoms with van der Waals surface area (Å²) in [6.07, 6.45) is 4.74. The normalized spacial score (nSPS) is 14.1. The Morgan fingerprint density at radius 1 is 0.839 bits per heavy atom. The Morgan fingerprint density at radius 2 is 1.55 bits per heavy atom. The van der Waals surface area contributed by atoms with Crippen LogP contribution in [-0.2, 0) is 6.61 Å². The van der Waals surface area contributed by atoms with Gasteiger partial charge in [0.25, 0.3) is 0 Å². The third-order valence-corrected chi connectivity index (χ3v) is 4.92. The highest BCUT2D eigenvalue weighted by Crippen LogP contribution is 2.23. The molecule has 0 amide bonds. The van der Waals surface area contributed by atoms with E-state index in [4.69, 9.17) is 9.47 Å². The zero-order valence-electron chi connectivity index (χ0n) is 17.9. The van der Waals surface area contributed by atoms with E-state index in [-0.39, 0.29) is 6.01 Å². The summed E-state index contributed by atoms with van der Waals surface area (Å²) in [5, 5.41) is 8.18. The first-order chi connectivity index (χ1) is 15.2. The number of rotatable bonds is 7. The fourth-order valence-corrected chi connectivity index (χ4v) is 3.26. The second kappa shape index (κ2) is 10.0. The molecule has 1 fully saturated rings. The van der Waals surface area contributed by atoms with Gasteiger partial charge in [0.1, 0.15) is 6.61 Å². The molecule has 9 nitrogen and oxygen atoms in total. The third kappa shape index (κ3) is 5.78. The first-order valence-electron chi connectivity index (χ1n) is 10.5. The summed E-state index contributed by atoms with van der Waals surface area (Å²) < 4.78 is 11.5. The molecule has 9 heteroatoms. The van der Waals surface area contributed by atoms with Crippen LogP contribution in [-0.4, -0.2) is 52.3 Å². The van der Waals surface area contributed by atoms with Crippen molar-refractivity contribution in [3.05, 3.63) is 48.0 Å². The van der Waals surface area contributed by atoms with E-state index in [2.05, 4.69) is 30.0 Å². The Bertz CT molecular complexity index is 959. The Labute approximate surface area is 182 Å². The van der Waals surface area contributed by atoms with Gasteiger partial charge in [-0.25, -0.2) is 0 Å². The van der Waals surface area contributed by atoms with Crippen molar-refractivity contribution < 1.29 is 9.47 Å². The van der Waals surface area contributed by atoms with Crippen LogP contribution in [0, 0.1) is 0 Å². The minimum absolute atomic E-state index is 0.199. The van der Waals surface area contributed by atoms with Gasteiger partial charge in [0, 0.05) is 39.3 Å². The molecule has 162 valence electrons. The summed E-state index contributed by atoms with van der Waals surface area (Å²) in [7, 11) is 3.79. The molecule has 0 N–H and O–H groups in total. The Morgan fingerprint density at radius 3 is 2.23 bits per heavy atom. The van der Waals surface area contributed by atoms with Gasteiger partial charge in [-0.05, 0) is 18.4 Å². The number of aromatic nitrogens is 5. The number of nitrogens with zero attached hydrogens (tertiary/aromatic N) is 7. The lowest BCUT2D eigenvalue weighted by atomic mass is 10.2. The number of anilines is 2. The van der Waals surface area contributed by atoms with Crippen LogP contribution in [0.25, 0.3) is 0 Å². The predicted octanol–water partition coefficient (Wildman–Crippen LogP) is 3.48. The van der Waals surface area contributed by atoms with Crippen LogP contribution in [0.4, 0.5) is 11.9 Å². The molecule has 1 saturated heterocycles. The van der Waals surface area contributed by atoms with Crippen molar-refractivity contribution in [2.24, 2.45) is 0 Å². The average molecular weight is 422 g/mol. The summed E-state index contributed by atoms with van der Waals surface area (Å²) >= 11 is 0. The van der Waals surface area contributed by atoms with Crippen LogP contribution in [0.15, 0.2) is 42.5 Å². The van der Waals surface area contributed by atoms with E-state index >= 15 is 0 Å². The Kier molecular flexibility index (Phi) is 6.71. The Balaban J connectivity index is 1.46. The molecule has 0 atom stereocenters. The van der Waals surface area contributed by atoms with E-state index in [1.54, 1.807) is 12.1 Å². The molecule has 1 aromatic carbocycles. The van der Waals surface area contributed by atoms with E-state index in [1.807, 2.05) is 49.3 Å². The van der Waals surface area contributed by atoms with Gasteiger partial charge in [-0.3, -0.25) is 0 Å². The molecule has 3 aromatic rings.